The Morgan fingerprint density at radius 1 is 1.00 bits per heavy atom. The molecule has 94 valence electrons. The van der Waals surface area contributed by atoms with Gasteiger partial charge in [-0.15, -0.1) is 0 Å². The van der Waals surface area contributed by atoms with Gasteiger partial charge in [0.25, 0.3) is 0 Å². The lowest BCUT2D eigenvalue weighted by Crippen LogP contribution is -2.03. The number of nitrogens with one attached hydrogen (secondary N) is 1. The van der Waals surface area contributed by atoms with Crippen molar-refractivity contribution in [2.75, 3.05) is 5.73 Å². The maximum absolute atomic E-state index is 12.1. The van der Waals surface area contributed by atoms with E-state index in [-0.39, 0.29) is 5.43 Å². The molecule has 3 aromatic rings. The number of nitrogens with two attached hydrogens (primary N) is 1. The minimum atomic E-state index is -0.0170. The van der Waals surface area contributed by atoms with E-state index < -0.39 is 0 Å². The third-order valence-corrected chi connectivity index (χ3v) is 3.22. The third kappa shape index (κ3) is 2.10. The van der Waals surface area contributed by atoms with Crippen molar-refractivity contribution in [3.05, 3.63) is 64.3 Å². The van der Waals surface area contributed by atoms with E-state index in [1.54, 1.807) is 18.2 Å². The van der Waals surface area contributed by atoms with Crippen LogP contribution in [-0.4, -0.2) is 4.98 Å². The SMILES string of the molecule is Cc1ccc(-c2cc(=O)c3cc(N)ccc3[nH]2)cc1. The molecular formula is C16H14N2O. The van der Waals surface area contributed by atoms with Gasteiger partial charge < -0.3 is 10.7 Å². The summed E-state index contributed by atoms with van der Waals surface area (Å²) in [6.07, 6.45) is 0. The molecule has 0 fully saturated rings. The monoisotopic (exact) mass is 250 g/mol. The number of pyridine rings is 1. The highest BCUT2D eigenvalue weighted by Crippen LogP contribution is 2.20. The average molecular weight is 250 g/mol. The van der Waals surface area contributed by atoms with Crippen LogP contribution in [0.3, 0.4) is 0 Å². The fourth-order valence-corrected chi connectivity index (χ4v) is 2.15. The zero-order valence-corrected chi connectivity index (χ0v) is 10.6. The molecule has 3 nitrogen and oxygen atoms in total. The number of benzene rings is 2. The van der Waals surface area contributed by atoms with Gasteiger partial charge in [-0.3, -0.25) is 4.79 Å². The van der Waals surface area contributed by atoms with Crippen molar-refractivity contribution < 1.29 is 0 Å². The minimum absolute atomic E-state index is 0.0170. The van der Waals surface area contributed by atoms with Crippen molar-refractivity contribution in [2.24, 2.45) is 0 Å². The Balaban J connectivity index is 2.24. The number of anilines is 1. The first kappa shape index (κ1) is 11.5. The van der Waals surface area contributed by atoms with Crippen molar-refractivity contribution in [1.29, 1.82) is 0 Å². The Morgan fingerprint density at radius 3 is 2.47 bits per heavy atom. The molecule has 0 bridgehead atoms. The van der Waals surface area contributed by atoms with Crippen molar-refractivity contribution in [3.63, 3.8) is 0 Å². The highest BCUT2D eigenvalue weighted by atomic mass is 16.1. The molecule has 0 aliphatic heterocycles. The normalized spacial score (nSPS) is 10.8. The summed E-state index contributed by atoms with van der Waals surface area (Å²) in [7, 11) is 0. The molecule has 0 amide bonds. The highest BCUT2D eigenvalue weighted by molar-refractivity contribution is 5.84. The third-order valence-electron chi connectivity index (χ3n) is 3.22. The Hall–Kier alpha value is -2.55. The number of H-pyrrole nitrogens is 1. The van der Waals surface area contributed by atoms with Crippen LogP contribution >= 0.6 is 0 Å². The molecule has 0 saturated heterocycles. The lowest BCUT2D eigenvalue weighted by Gasteiger charge is -2.05. The number of fused-ring (bicyclic) bond motifs is 1. The van der Waals surface area contributed by atoms with E-state index >= 15 is 0 Å². The number of nitrogen functional groups attached to an aromatic ring is 1. The first-order chi connectivity index (χ1) is 9.13. The Morgan fingerprint density at radius 2 is 1.74 bits per heavy atom. The molecule has 0 radical (unpaired) electrons. The van der Waals surface area contributed by atoms with E-state index in [9.17, 15) is 4.79 Å². The van der Waals surface area contributed by atoms with Crippen LogP contribution < -0.4 is 11.2 Å². The number of aromatic amines is 1. The van der Waals surface area contributed by atoms with E-state index in [2.05, 4.69) is 4.98 Å². The summed E-state index contributed by atoms with van der Waals surface area (Å²) >= 11 is 0. The summed E-state index contributed by atoms with van der Waals surface area (Å²) in [5.41, 5.74) is 10.1. The molecular weight excluding hydrogens is 236 g/mol. The second kappa shape index (κ2) is 4.28. The first-order valence-electron chi connectivity index (χ1n) is 6.13. The molecule has 0 aliphatic rings. The second-order valence-corrected chi connectivity index (χ2v) is 4.72. The van der Waals surface area contributed by atoms with Crippen molar-refractivity contribution >= 4 is 16.6 Å². The number of hydrogen-bond donors (Lipinski definition) is 2. The molecule has 1 heterocycles. The second-order valence-electron chi connectivity index (χ2n) is 4.72. The molecule has 3 heteroatoms. The summed E-state index contributed by atoms with van der Waals surface area (Å²) < 4.78 is 0. The van der Waals surface area contributed by atoms with E-state index in [1.807, 2.05) is 37.3 Å². The Bertz CT molecular complexity index is 801. The average Bonchev–Trinajstić information content (AvgIpc) is 2.40. The van der Waals surface area contributed by atoms with E-state index in [1.165, 1.54) is 5.56 Å². The molecule has 0 saturated carbocycles. The maximum atomic E-state index is 12.1. The van der Waals surface area contributed by atoms with Gasteiger partial charge in [0.2, 0.25) is 0 Å². The van der Waals surface area contributed by atoms with Crippen molar-refractivity contribution in [1.82, 2.24) is 4.98 Å². The van der Waals surface area contributed by atoms with Crippen molar-refractivity contribution in [2.45, 2.75) is 6.92 Å². The first-order valence-corrected chi connectivity index (χ1v) is 6.13. The van der Waals surface area contributed by atoms with Crippen LogP contribution in [0.25, 0.3) is 22.2 Å². The Kier molecular flexibility index (Phi) is 2.60. The number of rotatable bonds is 1. The van der Waals surface area contributed by atoms with Crippen LogP contribution in [0.2, 0.25) is 0 Å². The Labute approximate surface area is 110 Å². The number of aryl methyl sites for hydroxylation is 1. The molecule has 0 aliphatic carbocycles. The summed E-state index contributed by atoms with van der Waals surface area (Å²) in [6, 6.07) is 15.0. The van der Waals surface area contributed by atoms with Crippen LogP contribution in [0.4, 0.5) is 5.69 Å². The summed E-state index contributed by atoms with van der Waals surface area (Å²) in [6.45, 7) is 2.04. The molecule has 0 atom stereocenters. The fourth-order valence-electron chi connectivity index (χ4n) is 2.15. The standard InChI is InChI=1S/C16H14N2O/c1-10-2-4-11(5-3-10)15-9-16(19)13-8-12(17)6-7-14(13)18-15/h2-9H,17H2,1H3,(H,18,19). The highest BCUT2D eigenvalue weighted by Gasteiger charge is 2.04. The quantitative estimate of drug-likeness (QED) is 0.652. The summed E-state index contributed by atoms with van der Waals surface area (Å²) in [5, 5.41) is 0.621. The predicted octanol–water partition coefficient (Wildman–Crippen LogP) is 3.09. The largest absolute Gasteiger partial charge is 0.399 e. The van der Waals surface area contributed by atoms with E-state index in [0.717, 1.165) is 16.8 Å². The molecule has 3 N–H and O–H groups in total. The van der Waals surface area contributed by atoms with Gasteiger partial charge in [-0.05, 0) is 30.7 Å². The van der Waals surface area contributed by atoms with Crippen LogP contribution in [0.1, 0.15) is 5.56 Å². The smallest absolute Gasteiger partial charge is 0.190 e. The van der Waals surface area contributed by atoms with E-state index in [4.69, 9.17) is 5.73 Å². The molecule has 19 heavy (non-hydrogen) atoms. The van der Waals surface area contributed by atoms with Crippen LogP contribution in [0.15, 0.2) is 53.3 Å². The van der Waals surface area contributed by atoms with Gasteiger partial charge in [-0.25, -0.2) is 0 Å². The summed E-state index contributed by atoms with van der Waals surface area (Å²) in [5.74, 6) is 0. The van der Waals surface area contributed by atoms with Gasteiger partial charge in [0.05, 0.1) is 0 Å². The zero-order valence-electron chi connectivity index (χ0n) is 10.6. The fraction of sp³-hybridized carbons (Fsp3) is 0.0625. The van der Waals surface area contributed by atoms with Gasteiger partial charge in [0.15, 0.2) is 5.43 Å². The van der Waals surface area contributed by atoms with Gasteiger partial charge >= 0.3 is 0 Å². The van der Waals surface area contributed by atoms with Crippen LogP contribution in [0, 0.1) is 6.92 Å². The van der Waals surface area contributed by atoms with Crippen molar-refractivity contribution in [3.8, 4) is 11.3 Å². The molecule has 0 unspecified atom stereocenters. The number of aromatic nitrogens is 1. The van der Waals surface area contributed by atoms with Gasteiger partial charge in [0.1, 0.15) is 0 Å². The lowest BCUT2D eigenvalue weighted by atomic mass is 10.1. The minimum Gasteiger partial charge on any atom is -0.399 e. The molecule has 2 aromatic carbocycles. The van der Waals surface area contributed by atoms with Crippen LogP contribution in [0.5, 0.6) is 0 Å². The molecule has 0 spiro atoms. The molecule has 1 aromatic heterocycles. The van der Waals surface area contributed by atoms with E-state index in [0.29, 0.717) is 11.1 Å². The maximum Gasteiger partial charge on any atom is 0.190 e. The van der Waals surface area contributed by atoms with Crippen LogP contribution in [-0.2, 0) is 0 Å². The lowest BCUT2D eigenvalue weighted by molar-refractivity contribution is 1.37. The molecule has 3 rings (SSSR count). The number of hydrogen-bond acceptors (Lipinski definition) is 2. The van der Waals surface area contributed by atoms with Gasteiger partial charge in [-0.1, -0.05) is 29.8 Å². The predicted molar refractivity (Wildman–Crippen MR) is 79.2 cm³/mol. The zero-order chi connectivity index (χ0) is 13.4. The van der Waals surface area contributed by atoms with Gasteiger partial charge in [-0.2, -0.15) is 0 Å². The topological polar surface area (TPSA) is 58.9 Å². The summed E-state index contributed by atoms with van der Waals surface area (Å²) in [4.78, 5) is 15.4. The van der Waals surface area contributed by atoms with Gasteiger partial charge in [0, 0.05) is 28.4 Å².